The Morgan fingerprint density at radius 1 is 1.47 bits per heavy atom. The van der Waals surface area contributed by atoms with Crippen LogP contribution in [0.4, 0.5) is 4.39 Å². The third-order valence-corrected chi connectivity index (χ3v) is 4.44. The quantitative estimate of drug-likeness (QED) is 0.921. The lowest BCUT2D eigenvalue weighted by Crippen LogP contribution is -2.22. The maximum atomic E-state index is 13.5. The Hall–Kier alpha value is -1.40. The number of amides is 1. The maximum Gasteiger partial charge on any atom is 0.251 e. The second-order valence-corrected chi connectivity index (χ2v) is 5.58. The normalized spacial score (nSPS) is 10.3. The number of hydrogen-bond donors (Lipinski definition) is 1. The van der Waals surface area contributed by atoms with E-state index in [2.05, 4.69) is 21.2 Å². The van der Waals surface area contributed by atoms with Gasteiger partial charge in [0.05, 0.1) is 13.7 Å². The van der Waals surface area contributed by atoms with Crippen molar-refractivity contribution in [1.29, 1.82) is 0 Å². The third-order valence-electron chi connectivity index (χ3n) is 2.51. The van der Waals surface area contributed by atoms with Crippen molar-refractivity contribution in [2.45, 2.75) is 6.54 Å². The molecule has 1 amide bonds. The summed E-state index contributed by atoms with van der Waals surface area (Å²) >= 11 is 4.93. The SMILES string of the molecule is COc1ccc(C(=O)NCc2sccc2Br)cc1F. The molecular formula is C13H11BrFNO2S. The Bertz CT molecular complexity index is 600. The lowest BCUT2D eigenvalue weighted by Gasteiger charge is -2.06. The van der Waals surface area contributed by atoms with E-state index in [0.717, 1.165) is 15.4 Å². The van der Waals surface area contributed by atoms with E-state index in [-0.39, 0.29) is 17.2 Å². The van der Waals surface area contributed by atoms with E-state index >= 15 is 0 Å². The van der Waals surface area contributed by atoms with Crippen LogP contribution >= 0.6 is 27.3 Å². The molecule has 19 heavy (non-hydrogen) atoms. The predicted octanol–water partition coefficient (Wildman–Crippen LogP) is 3.59. The molecule has 0 spiro atoms. The van der Waals surface area contributed by atoms with Crippen molar-refractivity contribution in [2.24, 2.45) is 0 Å². The van der Waals surface area contributed by atoms with Crippen LogP contribution in [0.5, 0.6) is 5.75 Å². The van der Waals surface area contributed by atoms with Gasteiger partial charge in [0.25, 0.3) is 5.91 Å². The van der Waals surface area contributed by atoms with Crippen LogP contribution in [0.1, 0.15) is 15.2 Å². The molecule has 0 atom stereocenters. The molecule has 0 saturated heterocycles. The topological polar surface area (TPSA) is 38.3 Å². The van der Waals surface area contributed by atoms with Gasteiger partial charge in [0, 0.05) is 14.9 Å². The summed E-state index contributed by atoms with van der Waals surface area (Å²) in [4.78, 5) is 12.9. The van der Waals surface area contributed by atoms with Crippen LogP contribution in [0.3, 0.4) is 0 Å². The molecule has 0 fully saturated rings. The standard InChI is InChI=1S/C13H11BrFNO2S/c1-18-11-3-2-8(6-10(11)15)13(17)16-7-12-9(14)4-5-19-12/h2-6H,7H2,1H3,(H,16,17). The first-order valence-corrected chi connectivity index (χ1v) is 7.12. The van der Waals surface area contributed by atoms with Gasteiger partial charge in [-0.25, -0.2) is 4.39 Å². The number of halogens is 2. The molecule has 1 aromatic carbocycles. The Kier molecular flexibility index (Phi) is 4.55. The summed E-state index contributed by atoms with van der Waals surface area (Å²) in [5, 5.41) is 4.67. The summed E-state index contributed by atoms with van der Waals surface area (Å²) in [5.74, 6) is -0.744. The molecule has 1 aromatic heterocycles. The summed E-state index contributed by atoms with van der Waals surface area (Å²) in [6, 6.07) is 6.04. The fraction of sp³-hybridized carbons (Fsp3) is 0.154. The van der Waals surface area contributed by atoms with Crippen LogP contribution in [-0.4, -0.2) is 13.0 Å². The molecule has 1 N–H and O–H groups in total. The molecule has 0 bridgehead atoms. The van der Waals surface area contributed by atoms with Gasteiger partial charge in [0.2, 0.25) is 0 Å². The molecule has 0 saturated carbocycles. The van der Waals surface area contributed by atoms with E-state index in [4.69, 9.17) is 4.74 Å². The Labute approximate surface area is 122 Å². The molecular weight excluding hydrogens is 333 g/mol. The minimum absolute atomic E-state index is 0.123. The number of ether oxygens (including phenoxy) is 1. The first-order valence-electron chi connectivity index (χ1n) is 5.45. The summed E-state index contributed by atoms with van der Waals surface area (Å²) in [7, 11) is 1.38. The number of carbonyl (C=O) groups excluding carboxylic acids is 1. The molecule has 0 aliphatic heterocycles. The zero-order chi connectivity index (χ0) is 13.8. The van der Waals surface area contributed by atoms with Gasteiger partial charge in [0.15, 0.2) is 11.6 Å². The van der Waals surface area contributed by atoms with Crippen LogP contribution in [0.25, 0.3) is 0 Å². The average Bonchev–Trinajstić information content (AvgIpc) is 2.81. The van der Waals surface area contributed by atoms with Crippen molar-refractivity contribution >= 4 is 33.2 Å². The minimum atomic E-state index is -0.549. The zero-order valence-electron chi connectivity index (χ0n) is 10.1. The van der Waals surface area contributed by atoms with Crippen molar-refractivity contribution < 1.29 is 13.9 Å². The van der Waals surface area contributed by atoms with E-state index < -0.39 is 5.82 Å². The number of hydrogen-bond acceptors (Lipinski definition) is 3. The maximum absolute atomic E-state index is 13.5. The van der Waals surface area contributed by atoms with Gasteiger partial charge < -0.3 is 10.1 Å². The number of benzene rings is 1. The van der Waals surface area contributed by atoms with Crippen LogP contribution < -0.4 is 10.1 Å². The van der Waals surface area contributed by atoms with Crippen LogP contribution in [0, 0.1) is 5.82 Å². The minimum Gasteiger partial charge on any atom is -0.494 e. The fourth-order valence-electron chi connectivity index (χ4n) is 1.52. The third kappa shape index (κ3) is 3.33. The van der Waals surface area contributed by atoms with Crippen molar-refractivity contribution in [1.82, 2.24) is 5.32 Å². The molecule has 1 heterocycles. The van der Waals surface area contributed by atoms with E-state index in [0.29, 0.717) is 6.54 Å². The molecule has 0 unspecified atom stereocenters. The number of rotatable bonds is 4. The first kappa shape index (κ1) is 14.0. The molecule has 2 rings (SSSR count). The van der Waals surface area contributed by atoms with Crippen molar-refractivity contribution in [3.63, 3.8) is 0 Å². The fourth-order valence-corrected chi connectivity index (χ4v) is 2.95. The summed E-state index contributed by atoms with van der Waals surface area (Å²) in [6.07, 6.45) is 0. The van der Waals surface area contributed by atoms with Gasteiger partial charge in [-0.15, -0.1) is 11.3 Å². The lowest BCUT2D eigenvalue weighted by molar-refractivity contribution is 0.0950. The first-order chi connectivity index (χ1) is 9.11. The number of thiophene rings is 1. The smallest absolute Gasteiger partial charge is 0.251 e. The molecule has 0 radical (unpaired) electrons. The van der Waals surface area contributed by atoms with Gasteiger partial charge in [-0.2, -0.15) is 0 Å². The van der Waals surface area contributed by atoms with E-state index in [9.17, 15) is 9.18 Å². The number of carbonyl (C=O) groups is 1. The van der Waals surface area contributed by atoms with Gasteiger partial charge in [-0.1, -0.05) is 0 Å². The highest BCUT2D eigenvalue weighted by Crippen LogP contribution is 2.22. The van der Waals surface area contributed by atoms with Crippen molar-refractivity contribution in [2.75, 3.05) is 7.11 Å². The highest BCUT2D eigenvalue weighted by molar-refractivity contribution is 9.10. The highest BCUT2D eigenvalue weighted by Gasteiger charge is 2.10. The van der Waals surface area contributed by atoms with E-state index in [1.54, 1.807) is 11.3 Å². The van der Waals surface area contributed by atoms with E-state index in [1.807, 2.05) is 11.4 Å². The summed E-state index contributed by atoms with van der Waals surface area (Å²) < 4.78 is 19.2. The van der Waals surface area contributed by atoms with Crippen LogP contribution in [0.15, 0.2) is 34.1 Å². The van der Waals surface area contributed by atoms with Gasteiger partial charge in [0.1, 0.15) is 0 Å². The summed E-state index contributed by atoms with van der Waals surface area (Å²) in [5.41, 5.74) is 0.269. The zero-order valence-corrected chi connectivity index (χ0v) is 12.5. The highest BCUT2D eigenvalue weighted by atomic mass is 79.9. The Morgan fingerprint density at radius 3 is 2.84 bits per heavy atom. The molecule has 3 nitrogen and oxygen atoms in total. The monoisotopic (exact) mass is 343 g/mol. The molecule has 100 valence electrons. The number of nitrogens with one attached hydrogen (secondary N) is 1. The van der Waals surface area contributed by atoms with Gasteiger partial charge in [-0.3, -0.25) is 4.79 Å². The van der Waals surface area contributed by atoms with E-state index in [1.165, 1.54) is 19.2 Å². The van der Waals surface area contributed by atoms with Crippen molar-refractivity contribution in [3.05, 3.63) is 50.4 Å². The summed E-state index contributed by atoms with van der Waals surface area (Å²) in [6.45, 7) is 0.407. The van der Waals surface area contributed by atoms with Crippen LogP contribution in [0.2, 0.25) is 0 Å². The molecule has 0 aliphatic carbocycles. The second-order valence-electron chi connectivity index (χ2n) is 3.72. The second kappa shape index (κ2) is 6.16. The van der Waals surface area contributed by atoms with Crippen LogP contribution in [-0.2, 0) is 6.54 Å². The average molecular weight is 344 g/mol. The molecule has 2 aromatic rings. The largest absolute Gasteiger partial charge is 0.494 e. The molecule has 0 aliphatic rings. The van der Waals surface area contributed by atoms with Gasteiger partial charge in [-0.05, 0) is 45.6 Å². The predicted molar refractivity (Wildman–Crippen MR) is 76.1 cm³/mol. The lowest BCUT2D eigenvalue weighted by atomic mass is 10.2. The van der Waals surface area contributed by atoms with Crippen molar-refractivity contribution in [3.8, 4) is 5.75 Å². The van der Waals surface area contributed by atoms with Gasteiger partial charge >= 0.3 is 0 Å². The Morgan fingerprint density at radius 2 is 2.26 bits per heavy atom. The Balaban J connectivity index is 2.04. The molecule has 6 heteroatoms. The number of methoxy groups -OCH3 is 1.